The molecule has 0 atom stereocenters. The van der Waals surface area contributed by atoms with Gasteiger partial charge in [0.15, 0.2) is 0 Å². The van der Waals surface area contributed by atoms with Gasteiger partial charge in [-0.25, -0.2) is 4.98 Å². The molecule has 0 aliphatic rings. The average Bonchev–Trinajstić information content (AvgIpc) is 2.06. The molecule has 0 aromatic carbocycles. The maximum atomic E-state index is 5.03. The summed E-state index contributed by atoms with van der Waals surface area (Å²) in [5.74, 6) is 0.705. The van der Waals surface area contributed by atoms with Crippen molar-refractivity contribution >= 4 is 23.2 Å². The standard InChI is InChI=1S/C8H10N2OS/c1-2-11-8(12)10-7-5-3-4-6-9-7/h3-6H,2H2,1H3,(H,9,10,12). The summed E-state index contributed by atoms with van der Waals surface area (Å²) in [4.78, 5) is 4.02. The maximum Gasteiger partial charge on any atom is 0.262 e. The lowest BCUT2D eigenvalue weighted by atomic mass is 10.5. The van der Waals surface area contributed by atoms with Crippen LogP contribution in [0.3, 0.4) is 0 Å². The molecular formula is C8H10N2OS. The van der Waals surface area contributed by atoms with Gasteiger partial charge in [0, 0.05) is 6.20 Å². The van der Waals surface area contributed by atoms with E-state index in [0.717, 1.165) is 0 Å². The predicted octanol–water partition coefficient (Wildman–Crippen LogP) is 1.81. The van der Waals surface area contributed by atoms with Crippen LogP contribution in [-0.2, 0) is 4.74 Å². The summed E-state index contributed by atoms with van der Waals surface area (Å²) in [6.45, 7) is 2.45. The second kappa shape index (κ2) is 4.66. The minimum atomic E-state index is 0.358. The Labute approximate surface area is 76.8 Å². The third kappa shape index (κ3) is 2.84. The van der Waals surface area contributed by atoms with Crippen molar-refractivity contribution in [3.63, 3.8) is 0 Å². The van der Waals surface area contributed by atoms with Gasteiger partial charge in [0.25, 0.3) is 5.17 Å². The van der Waals surface area contributed by atoms with Crippen molar-refractivity contribution in [1.82, 2.24) is 4.98 Å². The zero-order valence-electron chi connectivity index (χ0n) is 6.78. The SMILES string of the molecule is CCOC(=S)Nc1ccccn1. The molecule has 1 aromatic heterocycles. The lowest BCUT2D eigenvalue weighted by molar-refractivity contribution is 0.335. The first-order valence-electron chi connectivity index (χ1n) is 3.67. The fourth-order valence-corrected chi connectivity index (χ4v) is 0.931. The normalized spacial score (nSPS) is 9.08. The summed E-state index contributed by atoms with van der Waals surface area (Å²) in [6, 6.07) is 5.55. The molecule has 0 unspecified atom stereocenters. The number of nitrogens with one attached hydrogen (secondary N) is 1. The van der Waals surface area contributed by atoms with Crippen molar-refractivity contribution in [3.05, 3.63) is 24.4 Å². The summed E-state index contributed by atoms with van der Waals surface area (Å²) >= 11 is 4.86. The van der Waals surface area contributed by atoms with Gasteiger partial charge in [-0.3, -0.25) is 0 Å². The largest absolute Gasteiger partial charge is 0.471 e. The van der Waals surface area contributed by atoms with E-state index in [1.54, 1.807) is 6.20 Å². The first-order chi connectivity index (χ1) is 5.83. The van der Waals surface area contributed by atoms with E-state index in [0.29, 0.717) is 17.6 Å². The smallest absolute Gasteiger partial charge is 0.262 e. The Morgan fingerprint density at radius 2 is 2.50 bits per heavy atom. The lowest BCUT2D eigenvalue weighted by Gasteiger charge is -2.05. The van der Waals surface area contributed by atoms with E-state index >= 15 is 0 Å². The molecule has 0 fully saturated rings. The summed E-state index contributed by atoms with van der Waals surface area (Å²) < 4.78 is 5.03. The van der Waals surface area contributed by atoms with Crippen LogP contribution in [-0.4, -0.2) is 16.8 Å². The molecule has 0 bridgehead atoms. The number of thiocarbonyl (C=S) groups is 1. The molecule has 0 aliphatic carbocycles. The van der Waals surface area contributed by atoms with Crippen molar-refractivity contribution in [1.29, 1.82) is 0 Å². The number of hydrogen-bond donors (Lipinski definition) is 1. The molecule has 1 heterocycles. The Kier molecular flexibility index (Phi) is 3.47. The molecule has 1 aromatic rings. The molecule has 0 aliphatic heterocycles. The molecule has 0 saturated carbocycles. The van der Waals surface area contributed by atoms with Crippen molar-refractivity contribution in [2.24, 2.45) is 0 Å². The van der Waals surface area contributed by atoms with E-state index in [9.17, 15) is 0 Å². The van der Waals surface area contributed by atoms with Crippen LogP contribution in [0.4, 0.5) is 5.82 Å². The van der Waals surface area contributed by atoms with Gasteiger partial charge < -0.3 is 10.1 Å². The Morgan fingerprint density at radius 1 is 1.67 bits per heavy atom. The van der Waals surface area contributed by atoms with E-state index in [4.69, 9.17) is 17.0 Å². The fraction of sp³-hybridized carbons (Fsp3) is 0.250. The number of ether oxygens (including phenoxy) is 1. The van der Waals surface area contributed by atoms with E-state index in [2.05, 4.69) is 10.3 Å². The highest BCUT2D eigenvalue weighted by molar-refractivity contribution is 7.80. The zero-order valence-corrected chi connectivity index (χ0v) is 7.60. The van der Waals surface area contributed by atoms with Gasteiger partial charge in [-0.1, -0.05) is 6.07 Å². The fourth-order valence-electron chi connectivity index (χ4n) is 0.708. The summed E-state index contributed by atoms with van der Waals surface area (Å²) in [6.07, 6.45) is 1.69. The van der Waals surface area contributed by atoms with Gasteiger partial charge in [-0.05, 0) is 31.3 Å². The molecular weight excluding hydrogens is 172 g/mol. The quantitative estimate of drug-likeness (QED) is 0.707. The first kappa shape index (κ1) is 8.93. The minimum Gasteiger partial charge on any atom is -0.471 e. The van der Waals surface area contributed by atoms with Crippen LogP contribution in [0.25, 0.3) is 0 Å². The van der Waals surface area contributed by atoms with Gasteiger partial charge in [0.1, 0.15) is 5.82 Å². The van der Waals surface area contributed by atoms with Gasteiger partial charge in [0.2, 0.25) is 0 Å². The Hall–Kier alpha value is -1.16. The van der Waals surface area contributed by atoms with Crippen molar-refractivity contribution in [2.45, 2.75) is 6.92 Å². The van der Waals surface area contributed by atoms with Crippen molar-refractivity contribution in [3.8, 4) is 0 Å². The van der Waals surface area contributed by atoms with E-state index in [-0.39, 0.29) is 0 Å². The van der Waals surface area contributed by atoms with Crippen LogP contribution in [0.5, 0.6) is 0 Å². The summed E-state index contributed by atoms with van der Waals surface area (Å²) in [5, 5.41) is 3.20. The van der Waals surface area contributed by atoms with Gasteiger partial charge in [0.05, 0.1) is 6.61 Å². The zero-order chi connectivity index (χ0) is 8.81. The van der Waals surface area contributed by atoms with E-state index in [1.807, 2.05) is 25.1 Å². The number of nitrogens with zero attached hydrogens (tertiary/aromatic N) is 1. The molecule has 3 nitrogen and oxygen atoms in total. The Morgan fingerprint density at radius 3 is 3.08 bits per heavy atom. The van der Waals surface area contributed by atoms with E-state index < -0.39 is 0 Å². The third-order valence-corrected chi connectivity index (χ3v) is 1.39. The summed E-state index contributed by atoms with van der Waals surface area (Å²) in [7, 11) is 0. The molecule has 64 valence electrons. The topological polar surface area (TPSA) is 34.1 Å². The molecule has 0 amide bonds. The highest BCUT2D eigenvalue weighted by Crippen LogP contribution is 2.00. The van der Waals surface area contributed by atoms with Crippen LogP contribution in [0.1, 0.15) is 6.92 Å². The number of aromatic nitrogens is 1. The highest BCUT2D eigenvalue weighted by Gasteiger charge is 1.95. The number of rotatable bonds is 2. The maximum absolute atomic E-state index is 5.03. The number of pyridine rings is 1. The van der Waals surface area contributed by atoms with Crippen LogP contribution in [0, 0.1) is 0 Å². The lowest BCUT2D eigenvalue weighted by Crippen LogP contribution is -2.13. The molecule has 4 heteroatoms. The highest BCUT2D eigenvalue weighted by atomic mass is 32.1. The summed E-state index contributed by atoms with van der Waals surface area (Å²) in [5.41, 5.74) is 0. The van der Waals surface area contributed by atoms with Crippen LogP contribution < -0.4 is 5.32 Å². The molecule has 1 rings (SSSR count). The molecule has 0 saturated heterocycles. The average molecular weight is 182 g/mol. The van der Waals surface area contributed by atoms with Gasteiger partial charge >= 0.3 is 0 Å². The van der Waals surface area contributed by atoms with Crippen molar-refractivity contribution < 1.29 is 4.74 Å². The van der Waals surface area contributed by atoms with Crippen LogP contribution in [0.2, 0.25) is 0 Å². The molecule has 0 radical (unpaired) electrons. The molecule has 1 N–H and O–H groups in total. The predicted molar refractivity (Wildman–Crippen MR) is 52.1 cm³/mol. The van der Waals surface area contributed by atoms with Crippen LogP contribution >= 0.6 is 12.2 Å². The molecule has 12 heavy (non-hydrogen) atoms. The number of anilines is 1. The van der Waals surface area contributed by atoms with Crippen molar-refractivity contribution in [2.75, 3.05) is 11.9 Å². The molecule has 0 spiro atoms. The van der Waals surface area contributed by atoms with Gasteiger partial charge in [-0.2, -0.15) is 0 Å². The Bertz CT molecular complexity index is 250. The minimum absolute atomic E-state index is 0.358. The van der Waals surface area contributed by atoms with Crippen LogP contribution in [0.15, 0.2) is 24.4 Å². The first-order valence-corrected chi connectivity index (χ1v) is 4.08. The van der Waals surface area contributed by atoms with Gasteiger partial charge in [-0.15, -0.1) is 0 Å². The Balaban J connectivity index is 2.47. The number of hydrogen-bond acceptors (Lipinski definition) is 3. The monoisotopic (exact) mass is 182 g/mol. The van der Waals surface area contributed by atoms with E-state index in [1.165, 1.54) is 0 Å². The second-order valence-corrected chi connectivity index (χ2v) is 2.43. The second-order valence-electron chi connectivity index (χ2n) is 2.06. The third-order valence-electron chi connectivity index (χ3n) is 1.17.